The summed E-state index contributed by atoms with van der Waals surface area (Å²) >= 11 is 0. The van der Waals surface area contributed by atoms with E-state index in [1.807, 2.05) is 0 Å². The first-order chi connectivity index (χ1) is 4.88. The fourth-order valence-electron chi connectivity index (χ4n) is 0.875. The molecule has 1 aromatic heterocycles. The van der Waals surface area contributed by atoms with E-state index >= 15 is 0 Å². The predicted molar refractivity (Wildman–Crippen MR) is 34.9 cm³/mol. The number of fused-ring (bicyclic) bond motifs is 1. The van der Waals surface area contributed by atoms with Crippen LogP contribution in [-0.4, -0.2) is 10.2 Å². The molecule has 0 aliphatic carbocycles. The third-order valence-corrected chi connectivity index (χ3v) is 1.36. The van der Waals surface area contributed by atoms with Crippen LogP contribution in [0.1, 0.15) is 0 Å². The molecule has 2 rings (SSSR count). The summed E-state index contributed by atoms with van der Waals surface area (Å²) < 4.78 is 12.7. The zero-order chi connectivity index (χ0) is 6.97. The second kappa shape index (κ2) is 1.80. The van der Waals surface area contributed by atoms with Crippen LogP contribution < -0.4 is 0 Å². The molecule has 1 heterocycles. The van der Waals surface area contributed by atoms with Gasteiger partial charge in [0.1, 0.15) is 12.0 Å². The van der Waals surface area contributed by atoms with Crippen molar-refractivity contribution >= 4 is 10.9 Å². The number of H-pyrrole nitrogens is 1. The summed E-state index contributed by atoms with van der Waals surface area (Å²) in [5.74, 6) is -0.286. The topological polar surface area (TPSA) is 28.7 Å². The van der Waals surface area contributed by atoms with E-state index in [9.17, 15) is 4.39 Å². The quantitative estimate of drug-likeness (QED) is 0.582. The summed E-state index contributed by atoms with van der Waals surface area (Å²) in [4.78, 5) is 0. The van der Waals surface area contributed by atoms with E-state index < -0.39 is 0 Å². The number of hydrogen-bond donors (Lipinski definition) is 1. The molecule has 0 atom stereocenters. The number of rotatable bonds is 0. The Morgan fingerprint density at radius 3 is 3.20 bits per heavy atom. The maximum absolute atomic E-state index is 12.7. The molecule has 0 spiro atoms. The number of hydrogen-bond acceptors (Lipinski definition) is 1. The smallest absolute Gasteiger partial charge is 0.134 e. The van der Waals surface area contributed by atoms with E-state index in [-0.39, 0.29) is 5.82 Å². The molecule has 2 aromatic rings. The Kier molecular flexibility index (Phi) is 0.974. The first kappa shape index (κ1) is 5.41. The van der Waals surface area contributed by atoms with Crippen LogP contribution >= 0.6 is 0 Å². The molecule has 0 unspecified atom stereocenters. The minimum Gasteiger partial charge on any atom is -0.277 e. The van der Waals surface area contributed by atoms with E-state index in [1.165, 1.54) is 6.07 Å². The number of halogens is 1. The molecule has 10 heavy (non-hydrogen) atoms. The Labute approximate surface area is 56.7 Å². The van der Waals surface area contributed by atoms with Crippen LogP contribution in [0.4, 0.5) is 4.39 Å². The Morgan fingerprint density at radius 2 is 2.40 bits per heavy atom. The monoisotopic (exact) mass is 135 g/mol. The van der Waals surface area contributed by atoms with Crippen LogP contribution in [0, 0.1) is 12.0 Å². The summed E-state index contributed by atoms with van der Waals surface area (Å²) in [6.07, 6.45) is 2.51. The van der Waals surface area contributed by atoms with Gasteiger partial charge in [-0.25, -0.2) is 4.39 Å². The molecule has 0 amide bonds. The zero-order valence-electron chi connectivity index (χ0n) is 5.06. The van der Waals surface area contributed by atoms with Gasteiger partial charge in [-0.3, -0.25) is 5.10 Å². The highest BCUT2D eigenvalue weighted by atomic mass is 19.1. The van der Waals surface area contributed by atoms with Crippen molar-refractivity contribution in [2.45, 2.75) is 0 Å². The lowest BCUT2D eigenvalue weighted by Gasteiger charge is -1.86. The molecule has 49 valence electrons. The minimum absolute atomic E-state index is 0.286. The molecule has 1 N–H and O–H groups in total. The lowest BCUT2D eigenvalue weighted by molar-refractivity contribution is 0.640. The first-order valence-electron chi connectivity index (χ1n) is 2.88. The van der Waals surface area contributed by atoms with Crippen molar-refractivity contribution in [1.29, 1.82) is 0 Å². The molecule has 2 nitrogen and oxygen atoms in total. The molecule has 1 aromatic carbocycles. The van der Waals surface area contributed by atoms with Gasteiger partial charge in [-0.2, -0.15) is 5.10 Å². The van der Waals surface area contributed by atoms with Crippen molar-refractivity contribution < 1.29 is 4.39 Å². The van der Waals surface area contributed by atoms with E-state index in [0.29, 0.717) is 10.9 Å². The second-order valence-electron chi connectivity index (χ2n) is 2.00. The highest BCUT2D eigenvalue weighted by Gasteiger charge is 1.99. The maximum Gasteiger partial charge on any atom is 0.134 e. The van der Waals surface area contributed by atoms with Crippen LogP contribution in [0.25, 0.3) is 10.9 Å². The minimum atomic E-state index is -0.286. The molecular formula is C7H4FN2. The highest BCUT2D eigenvalue weighted by Crippen LogP contribution is 2.12. The van der Waals surface area contributed by atoms with Gasteiger partial charge in [0.25, 0.3) is 0 Å². The molecule has 0 aliphatic heterocycles. The number of nitrogens with one attached hydrogen (secondary N) is 1. The first-order valence-corrected chi connectivity index (χ1v) is 2.88. The fourth-order valence-corrected chi connectivity index (χ4v) is 0.875. The molecule has 3 heteroatoms. The Balaban J connectivity index is 2.95. The summed E-state index contributed by atoms with van der Waals surface area (Å²) in [7, 11) is 0. The number of aromatic amines is 1. The van der Waals surface area contributed by atoms with Gasteiger partial charge in [-0.05, 0) is 12.1 Å². The summed E-state index contributed by atoms with van der Waals surface area (Å²) in [6.45, 7) is 0. The van der Waals surface area contributed by atoms with Gasteiger partial charge in [-0.1, -0.05) is 6.07 Å². The SMILES string of the molecule is Fc1cccc2[nH]n[c]c12. The number of benzene rings is 1. The Morgan fingerprint density at radius 1 is 1.50 bits per heavy atom. The van der Waals surface area contributed by atoms with Crippen molar-refractivity contribution in [2.24, 2.45) is 0 Å². The van der Waals surface area contributed by atoms with E-state index in [2.05, 4.69) is 16.4 Å². The normalized spacial score (nSPS) is 10.5. The lowest BCUT2D eigenvalue weighted by Crippen LogP contribution is -1.72. The predicted octanol–water partition coefficient (Wildman–Crippen LogP) is 1.50. The van der Waals surface area contributed by atoms with Crippen LogP contribution in [0.2, 0.25) is 0 Å². The summed E-state index contributed by atoms with van der Waals surface area (Å²) in [5.41, 5.74) is 0.681. The van der Waals surface area contributed by atoms with Gasteiger partial charge in [0, 0.05) is 0 Å². The van der Waals surface area contributed by atoms with Crippen LogP contribution in [0.15, 0.2) is 18.2 Å². The van der Waals surface area contributed by atoms with Crippen molar-refractivity contribution in [3.05, 3.63) is 30.2 Å². The Bertz CT molecular complexity index is 353. The van der Waals surface area contributed by atoms with Crippen LogP contribution in [-0.2, 0) is 0 Å². The third kappa shape index (κ3) is 0.603. The highest BCUT2D eigenvalue weighted by molar-refractivity contribution is 5.77. The van der Waals surface area contributed by atoms with Crippen molar-refractivity contribution in [1.82, 2.24) is 10.2 Å². The number of nitrogens with zero attached hydrogens (tertiary/aromatic N) is 1. The van der Waals surface area contributed by atoms with Gasteiger partial charge in [0.15, 0.2) is 0 Å². The average molecular weight is 135 g/mol. The molecule has 0 saturated heterocycles. The largest absolute Gasteiger partial charge is 0.277 e. The molecule has 1 radical (unpaired) electrons. The maximum atomic E-state index is 12.7. The summed E-state index contributed by atoms with van der Waals surface area (Å²) in [5, 5.41) is 6.61. The van der Waals surface area contributed by atoms with Crippen molar-refractivity contribution in [3.8, 4) is 0 Å². The molecule has 0 bridgehead atoms. The van der Waals surface area contributed by atoms with Crippen molar-refractivity contribution in [2.75, 3.05) is 0 Å². The third-order valence-electron chi connectivity index (χ3n) is 1.36. The average Bonchev–Trinajstić information content (AvgIpc) is 2.36. The van der Waals surface area contributed by atoms with Crippen molar-refractivity contribution in [3.63, 3.8) is 0 Å². The lowest BCUT2D eigenvalue weighted by atomic mass is 10.2. The van der Waals surface area contributed by atoms with E-state index in [1.54, 1.807) is 12.1 Å². The number of aromatic nitrogens is 2. The van der Waals surface area contributed by atoms with Gasteiger partial charge in [0.05, 0.1) is 10.9 Å². The fraction of sp³-hybridized carbons (Fsp3) is 0. The molecule has 0 aliphatic rings. The molecule has 0 fully saturated rings. The van der Waals surface area contributed by atoms with Gasteiger partial charge < -0.3 is 0 Å². The second-order valence-corrected chi connectivity index (χ2v) is 2.00. The van der Waals surface area contributed by atoms with Gasteiger partial charge in [0.2, 0.25) is 0 Å². The van der Waals surface area contributed by atoms with Gasteiger partial charge >= 0.3 is 0 Å². The zero-order valence-corrected chi connectivity index (χ0v) is 5.06. The Hall–Kier alpha value is -1.38. The molecular weight excluding hydrogens is 131 g/mol. The van der Waals surface area contributed by atoms with Crippen LogP contribution in [0.3, 0.4) is 0 Å². The van der Waals surface area contributed by atoms with Crippen LogP contribution in [0.5, 0.6) is 0 Å². The standard InChI is InChI=1S/C7H4FN2/c8-6-2-1-3-7-5(6)4-9-10-7/h1-3H,(H,9,10). The van der Waals surface area contributed by atoms with E-state index in [0.717, 1.165) is 0 Å². The molecule has 0 saturated carbocycles. The van der Waals surface area contributed by atoms with E-state index in [4.69, 9.17) is 0 Å². The summed E-state index contributed by atoms with van der Waals surface area (Å²) in [6, 6.07) is 4.76. The van der Waals surface area contributed by atoms with Gasteiger partial charge in [-0.15, -0.1) is 0 Å².